The van der Waals surface area contributed by atoms with Crippen LogP contribution in [0.2, 0.25) is 5.02 Å². The molecule has 7 heteroatoms. The summed E-state index contributed by atoms with van der Waals surface area (Å²) in [6.45, 7) is 3.95. The van der Waals surface area contributed by atoms with E-state index in [0.717, 1.165) is 11.4 Å². The average molecular weight is 388 g/mol. The van der Waals surface area contributed by atoms with Gasteiger partial charge in [-0.05, 0) is 36.2 Å². The van der Waals surface area contributed by atoms with E-state index >= 15 is 0 Å². The van der Waals surface area contributed by atoms with Crippen LogP contribution in [0.25, 0.3) is 5.69 Å². The second-order valence-electron chi connectivity index (χ2n) is 6.29. The molecule has 0 radical (unpaired) electrons. The molecule has 0 unspecified atom stereocenters. The molecule has 0 saturated heterocycles. The van der Waals surface area contributed by atoms with Gasteiger partial charge in [0.1, 0.15) is 0 Å². The number of ether oxygens (including phenoxy) is 1. The molecular weight excluding hydrogens is 369 g/mol. The zero-order valence-corrected chi connectivity index (χ0v) is 15.9. The van der Waals surface area contributed by atoms with Gasteiger partial charge >= 0.3 is 0 Å². The number of anilines is 1. The first-order valence-corrected chi connectivity index (χ1v) is 8.77. The van der Waals surface area contributed by atoms with Gasteiger partial charge in [0, 0.05) is 16.8 Å². The fraction of sp³-hybridized carbons (Fsp3) is 0.200. The maximum absolute atomic E-state index is 13.9. The molecule has 5 nitrogen and oxygen atoms in total. The highest BCUT2D eigenvalue weighted by Crippen LogP contribution is 2.26. The third-order valence-electron chi connectivity index (χ3n) is 4.06. The fourth-order valence-electron chi connectivity index (χ4n) is 2.84. The van der Waals surface area contributed by atoms with E-state index in [1.165, 1.54) is 25.4 Å². The minimum absolute atomic E-state index is 0.0276. The van der Waals surface area contributed by atoms with Crippen molar-refractivity contribution in [1.82, 2.24) is 9.78 Å². The molecule has 0 atom stereocenters. The molecule has 0 aliphatic carbocycles. The van der Waals surface area contributed by atoms with E-state index in [-0.39, 0.29) is 17.6 Å². The number of amides is 1. The van der Waals surface area contributed by atoms with Crippen LogP contribution < -0.4 is 10.1 Å². The van der Waals surface area contributed by atoms with Gasteiger partial charge in [0.2, 0.25) is 0 Å². The number of carbonyl (C=O) groups is 1. The number of carbonyl (C=O) groups excluding carboxylic acids is 1. The first kappa shape index (κ1) is 18.9. The summed E-state index contributed by atoms with van der Waals surface area (Å²) in [4.78, 5) is 12.8. The van der Waals surface area contributed by atoms with Gasteiger partial charge in [-0.2, -0.15) is 5.10 Å². The number of aromatic nitrogens is 2. The number of nitrogens with zero attached hydrogens (tertiary/aromatic N) is 2. The van der Waals surface area contributed by atoms with Crippen LogP contribution in [-0.4, -0.2) is 22.8 Å². The van der Waals surface area contributed by atoms with Gasteiger partial charge in [-0.3, -0.25) is 4.79 Å². The van der Waals surface area contributed by atoms with Crippen LogP contribution in [0.4, 0.5) is 10.1 Å². The first-order valence-electron chi connectivity index (χ1n) is 8.39. The smallest absolute Gasteiger partial charge is 0.259 e. The summed E-state index contributed by atoms with van der Waals surface area (Å²) < 4.78 is 20.5. The van der Waals surface area contributed by atoms with Crippen molar-refractivity contribution in [3.05, 3.63) is 70.8 Å². The van der Waals surface area contributed by atoms with E-state index < -0.39 is 5.82 Å². The molecule has 0 spiro atoms. The van der Waals surface area contributed by atoms with Crippen LogP contribution in [0.15, 0.2) is 48.7 Å². The molecule has 3 aromatic rings. The van der Waals surface area contributed by atoms with E-state index in [2.05, 4.69) is 10.4 Å². The van der Waals surface area contributed by atoms with Gasteiger partial charge in [-0.25, -0.2) is 9.07 Å². The maximum Gasteiger partial charge on any atom is 0.259 e. The lowest BCUT2D eigenvalue weighted by atomic mass is 10.0. The number of rotatable bonds is 5. The predicted molar refractivity (Wildman–Crippen MR) is 104 cm³/mol. The normalized spacial score (nSPS) is 10.9. The molecule has 0 aliphatic rings. The van der Waals surface area contributed by atoms with Crippen LogP contribution in [0.1, 0.15) is 35.8 Å². The third-order valence-corrected chi connectivity index (χ3v) is 4.30. The van der Waals surface area contributed by atoms with Crippen LogP contribution in [0.5, 0.6) is 5.75 Å². The fourth-order valence-corrected chi connectivity index (χ4v) is 3.03. The average Bonchev–Trinajstić information content (AvgIpc) is 3.07. The van der Waals surface area contributed by atoms with Crippen molar-refractivity contribution >= 4 is 23.2 Å². The number of nitrogens with one attached hydrogen (secondary N) is 1. The van der Waals surface area contributed by atoms with Crippen molar-refractivity contribution in [2.75, 3.05) is 12.4 Å². The van der Waals surface area contributed by atoms with E-state index in [1.54, 1.807) is 22.9 Å². The maximum atomic E-state index is 13.9. The Labute approximate surface area is 161 Å². The molecule has 3 rings (SSSR count). The Morgan fingerprint density at radius 2 is 2.04 bits per heavy atom. The first-order chi connectivity index (χ1) is 12.9. The molecule has 0 saturated carbocycles. The highest BCUT2D eigenvalue weighted by atomic mass is 35.5. The van der Waals surface area contributed by atoms with Crippen molar-refractivity contribution in [3.8, 4) is 11.4 Å². The quantitative estimate of drug-likeness (QED) is 0.666. The number of hydrogen-bond donors (Lipinski definition) is 1. The van der Waals surface area contributed by atoms with E-state index in [9.17, 15) is 9.18 Å². The monoisotopic (exact) mass is 387 g/mol. The van der Waals surface area contributed by atoms with Crippen LogP contribution in [0, 0.1) is 5.82 Å². The summed E-state index contributed by atoms with van der Waals surface area (Å²) in [6.07, 6.45) is 1.51. The Balaban J connectivity index is 1.94. The predicted octanol–water partition coefficient (Wildman–Crippen LogP) is 5.05. The Hall–Kier alpha value is -2.86. The summed E-state index contributed by atoms with van der Waals surface area (Å²) in [6, 6.07) is 11.5. The number of methoxy groups -OCH3 is 1. The molecule has 1 N–H and O–H groups in total. The summed E-state index contributed by atoms with van der Waals surface area (Å²) >= 11 is 6.08. The van der Waals surface area contributed by atoms with E-state index in [4.69, 9.17) is 16.3 Å². The number of halogens is 2. The molecule has 1 amide bonds. The lowest BCUT2D eigenvalue weighted by Gasteiger charge is -2.13. The molecular formula is C20H19ClFN3O2. The lowest BCUT2D eigenvalue weighted by Crippen LogP contribution is -2.15. The topological polar surface area (TPSA) is 56.1 Å². The number of hydrogen-bond acceptors (Lipinski definition) is 3. The highest BCUT2D eigenvalue weighted by Gasteiger charge is 2.21. The highest BCUT2D eigenvalue weighted by molar-refractivity contribution is 6.30. The Kier molecular flexibility index (Phi) is 5.46. The molecule has 0 aliphatic heterocycles. The minimum Gasteiger partial charge on any atom is -0.494 e. The second-order valence-corrected chi connectivity index (χ2v) is 6.73. The summed E-state index contributed by atoms with van der Waals surface area (Å²) in [7, 11) is 1.38. The summed E-state index contributed by atoms with van der Waals surface area (Å²) in [5.74, 6) is -0.768. The van der Waals surface area contributed by atoms with Crippen molar-refractivity contribution in [2.24, 2.45) is 0 Å². The summed E-state index contributed by atoms with van der Waals surface area (Å²) in [5, 5.41) is 7.65. The molecule has 140 valence electrons. The van der Waals surface area contributed by atoms with Crippen LogP contribution in [0.3, 0.4) is 0 Å². The van der Waals surface area contributed by atoms with Crippen LogP contribution in [-0.2, 0) is 0 Å². The van der Waals surface area contributed by atoms with Gasteiger partial charge in [0.05, 0.1) is 30.3 Å². The minimum atomic E-state index is -0.547. The van der Waals surface area contributed by atoms with Gasteiger partial charge in [-0.15, -0.1) is 0 Å². The molecule has 0 fully saturated rings. The molecule has 2 aromatic carbocycles. The lowest BCUT2D eigenvalue weighted by molar-refractivity contribution is 0.102. The Morgan fingerprint density at radius 3 is 2.67 bits per heavy atom. The van der Waals surface area contributed by atoms with Crippen molar-refractivity contribution in [1.29, 1.82) is 0 Å². The third kappa shape index (κ3) is 3.95. The van der Waals surface area contributed by atoms with Gasteiger partial charge in [0.15, 0.2) is 11.6 Å². The molecule has 1 aromatic heterocycles. The largest absolute Gasteiger partial charge is 0.494 e. The van der Waals surface area contributed by atoms with Gasteiger partial charge in [0.25, 0.3) is 5.91 Å². The van der Waals surface area contributed by atoms with Gasteiger partial charge in [-0.1, -0.05) is 31.5 Å². The number of benzene rings is 2. The molecule has 0 bridgehead atoms. The zero-order valence-electron chi connectivity index (χ0n) is 15.2. The van der Waals surface area contributed by atoms with Gasteiger partial charge < -0.3 is 10.1 Å². The molecule has 27 heavy (non-hydrogen) atoms. The van der Waals surface area contributed by atoms with Crippen molar-refractivity contribution < 1.29 is 13.9 Å². The van der Waals surface area contributed by atoms with Crippen molar-refractivity contribution in [3.63, 3.8) is 0 Å². The van der Waals surface area contributed by atoms with Crippen LogP contribution >= 0.6 is 11.6 Å². The summed E-state index contributed by atoms with van der Waals surface area (Å²) in [5.41, 5.74) is 2.26. The standard InChI is InChI=1S/C20H19ClFN3O2/c1-12(2)19-16(11-23-25(19)15-6-4-5-13(21)9-15)20(26)24-14-7-8-18(27-3)17(22)10-14/h4-12H,1-3H3,(H,24,26). The molecule has 1 heterocycles. The zero-order chi connectivity index (χ0) is 19.6. The van der Waals surface area contributed by atoms with E-state index in [1.807, 2.05) is 26.0 Å². The second kappa shape index (κ2) is 7.80. The Morgan fingerprint density at radius 1 is 1.26 bits per heavy atom. The SMILES string of the molecule is COc1ccc(NC(=O)c2cnn(-c3cccc(Cl)c3)c2C(C)C)cc1F. The van der Waals surface area contributed by atoms with E-state index in [0.29, 0.717) is 16.3 Å². The Bertz CT molecular complexity index is 985. The van der Waals surface area contributed by atoms with Crippen molar-refractivity contribution in [2.45, 2.75) is 19.8 Å².